The second-order valence-electron chi connectivity index (χ2n) is 7.30. The van der Waals surface area contributed by atoms with Crippen LogP contribution in [0.1, 0.15) is 30.7 Å². The van der Waals surface area contributed by atoms with Crippen LogP contribution in [0.2, 0.25) is 0 Å². The van der Waals surface area contributed by atoms with Crippen LogP contribution in [0.4, 0.5) is 28.0 Å². The van der Waals surface area contributed by atoms with Crippen molar-refractivity contribution in [1.29, 1.82) is 0 Å². The predicted molar refractivity (Wildman–Crippen MR) is 104 cm³/mol. The molecule has 32 heavy (non-hydrogen) atoms. The zero-order valence-electron chi connectivity index (χ0n) is 16.9. The monoisotopic (exact) mass is 479 g/mol. The number of aliphatic hydroxyl groups excluding tert-OH is 1. The van der Waals surface area contributed by atoms with Gasteiger partial charge in [-0.15, -0.1) is 0 Å². The molecule has 2 aromatic heterocycles. The van der Waals surface area contributed by atoms with Gasteiger partial charge in [-0.3, -0.25) is 9.67 Å². The summed E-state index contributed by atoms with van der Waals surface area (Å²) in [5, 5.41) is 10.6. The van der Waals surface area contributed by atoms with Crippen molar-refractivity contribution in [3.63, 3.8) is 0 Å². The predicted octanol–water partition coefficient (Wildman–Crippen LogP) is 2.56. The minimum Gasteiger partial charge on any atom is -0.390 e. The summed E-state index contributed by atoms with van der Waals surface area (Å²) >= 11 is 0. The Morgan fingerprint density at radius 3 is 2.59 bits per heavy atom. The number of pyridine rings is 1. The Balaban J connectivity index is 1.70. The number of alkyl halides is 4. The third-order valence-corrected chi connectivity index (χ3v) is 7.11. The summed E-state index contributed by atoms with van der Waals surface area (Å²) in [4.78, 5) is 16.3. The molecule has 176 valence electrons. The molecule has 0 spiro atoms. The summed E-state index contributed by atoms with van der Waals surface area (Å²) in [6.45, 7) is -0.647. The summed E-state index contributed by atoms with van der Waals surface area (Å²) in [6, 6.07) is 2.34. The molecule has 2 amide bonds. The number of aryl methyl sites for hydroxylation is 1. The Bertz CT molecular complexity index is 1080. The second kappa shape index (κ2) is 9.02. The Hall–Kier alpha value is -2.74. The SMILES string of the molecule is Cn1cc(S(=O)(=O)C(F)(F)C2CCN(C(=O)Nc3ccnc(CO)c3)CC2)c(C(F)F)n1. The molecular weight excluding hydrogens is 458 g/mol. The van der Waals surface area contributed by atoms with Gasteiger partial charge in [0.1, 0.15) is 10.6 Å². The van der Waals surface area contributed by atoms with Crippen LogP contribution in [0.3, 0.4) is 0 Å². The molecule has 1 aliphatic heterocycles. The summed E-state index contributed by atoms with van der Waals surface area (Å²) in [5.41, 5.74) is -0.547. The van der Waals surface area contributed by atoms with Crippen molar-refractivity contribution in [3.05, 3.63) is 35.9 Å². The molecule has 0 radical (unpaired) electrons. The van der Waals surface area contributed by atoms with Gasteiger partial charge < -0.3 is 15.3 Å². The second-order valence-corrected chi connectivity index (χ2v) is 9.29. The third kappa shape index (κ3) is 4.55. The van der Waals surface area contributed by atoms with Gasteiger partial charge in [0.2, 0.25) is 9.84 Å². The molecule has 0 aromatic carbocycles. The van der Waals surface area contributed by atoms with Crippen LogP contribution >= 0.6 is 0 Å². The number of halogens is 4. The molecule has 2 N–H and O–H groups in total. The van der Waals surface area contributed by atoms with E-state index in [1.807, 2.05) is 0 Å². The number of nitrogens with one attached hydrogen (secondary N) is 1. The molecule has 0 bridgehead atoms. The number of nitrogens with zero attached hydrogens (tertiary/aromatic N) is 4. The number of carbonyl (C=O) groups is 1. The average Bonchev–Trinajstić information content (AvgIpc) is 3.16. The van der Waals surface area contributed by atoms with E-state index < -0.39 is 44.1 Å². The zero-order chi connectivity index (χ0) is 23.7. The fourth-order valence-electron chi connectivity index (χ4n) is 3.47. The van der Waals surface area contributed by atoms with Crippen molar-refractivity contribution in [3.8, 4) is 0 Å². The van der Waals surface area contributed by atoms with Crippen LogP contribution in [-0.2, 0) is 23.5 Å². The largest absolute Gasteiger partial charge is 0.390 e. The van der Waals surface area contributed by atoms with Crippen molar-refractivity contribution in [1.82, 2.24) is 19.7 Å². The van der Waals surface area contributed by atoms with E-state index in [0.29, 0.717) is 17.6 Å². The van der Waals surface area contributed by atoms with Crippen molar-refractivity contribution in [2.45, 2.75) is 36.0 Å². The van der Waals surface area contributed by atoms with Crippen LogP contribution in [0.5, 0.6) is 0 Å². The van der Waals surface area contributed by atoms with Gasteiger partial charge in [0.25, 0.3) is 6.43 Å². The minimum absolute atomic E-state index is 0.158. The zero-order valence-corrected chi connectivity index (χ0v) is 17.7. The van der Waals surface area contributed by atoms with Gasteiger partial charge in [0.05, 0.1) is 12.3 Å². The van der Waals surface area contributed by atoms with Gasteiger partial charge >= 0.3 is 11.3 Å². The molecular formula is C18H21F4N5O4S. The molecule has 0 unspecified atom stereocenters. The van der Waals surface area contributed by atoms with Crippen molar-refractivity contribution >= 4 is 21.6 Å². The number of carbonyl (C=O) groups excluding carboxylic acids is 1. The first kappa shape index (κ1) is 23.9. The Morgan fingerprint density at radius 2 is 2.00 bits per heavy atom. The van der Waals surface area contributed by atoms with Crippen molar-refractivity contribution < 1.29 is 35.9 Å². The maximum Gasteiger partial charge on any atom is 0.353 e. The summed E-state index contributed by atoms with van der Waals surface area (Å²) in [7, 11) is -4.27. The van der Waals surface area contributed by atoms with Gasteiger partial charge in [-0.2, -0.15) is 13.9 Å². The Kier molecular flexibility index (Phi) is 6.74. The quantitative estimate of drug-likeness (QED) is 0.615. The van der Waals surface area contributed by atoms with E-state index in [4.69, 9.17) is 5.11 Å². The van der Waals surface area contributed by atoms with E-state index >= 15 is 0 Å². The first-order valence-corrected chi connectivity index (χ1v) is 11.0. The number of aliphatic hydroxyl groups is 1. The molecule has 0 aliphatic carbocycles. The number of amides is 2. The van der Waals surface area contributed by atoms with Gasteiger partial charge in [-0.1, -0.05) is 0 Å². The first-order chi connectivity index (χ1) is 15.0. The average molecular weight is 479 g/mol. The molecule has 14 heteroatoms. The lowest BCUT2D eigenvalue weighted by Gasteiger charge is -2.35. The number of hydrogen-bond donors (Lipinski definition) is 2. The summed E-state index contributed by atoms with van der Waals surface area (Å²) < 4.78 is 82.0. The molecule has 0 atom stereocenters. The number of sulfone groups is 1. The van der Waals surface area contributed by atoms with Gasteiger partial charge in [0, 0.05) is 44.1 Å². The number of piperidine rings is 1. The van der Waals surface area contributed by atoms with E-state index in [1.165, 1.54) is 23.2 Å². The molecule has 1 saturated heterocycles. The summed E-state index contributed by atoms with van der Waals surface area (Å²) in [6.07, 6.45) is -2.00. The van der Waals surface area contributed by atoms with Crippen LogP contribution in [0, 0.1) is 5.92 Å². The number of hydrogen-bond acceptors (Lipinski definition) is 6. The molecule has 2 aromatic rings. The highest BCUT2D eigenvalue weighted by Crippen LogP contribution is 2.42. The minimum atomic E-state index is -5.43. The lowest BCUT2D eigenvalue weighted by Crippen LogP contribution is -2.47. The van der Waals surface area contributed by atoms with Crippen LogP contribution in [0.25, 0.3) is 0 Å². The van der Waals surface area contributed by atoms with Crippen molar-refractivity contribution in [2.75, 3.05) is 18.4 Å². The van der Waals surface area contributed by atoms with Gasteiger partial charge in [-0.05, 0) is 25.0 Å². The lowest BCUT2D eigenvalue weighted by atomic mass is 9.97. The number of anilines is 1. The molecule has 9 nitrogen and oxygen atoms in total. The normalized spacial score (nSPS) is 15.9. The van der Waals surface area contributed by atoms with Crippen LogP contribution in [0.15, 0.2) is 29.4 Å². The lowest BCUT2D eigenvalue weighted by molar-refractivity contribution is 0.000233. The number of rotatable bonds is 6. The van der Waals surface area contributed by atoms with E-state index in [1.54, 1.807) is 0 Å². The molecule has 0 saturated carbocycles. The maximum absolute atomic E-state index is 15.0. The fraction of sp³-hybridized carbons (Fsp3) is 0.500. The number of aromatic nitrogens is 3. The third-order valence-electron chi connectivity index (χ3n) is 5.16. The highest BCUT2D eigenvalue weighted by Gasteiger charge is 2.55. The topological polar surface area (TPSA) is 117 Å². The summed E-state index contributed by atoms with van der Waals surface area (Å²) in [5.74, 6) is -1.66. The number of urea groups is 1. The van der Waals surface area contributed by atoms with E-state index in [-0.39, 0.29) is 32.5 Å². The fourth-order valence-corrected chi connectivity index (χ4v) is 5.14. The highest BCUT2D eigenvalue weighted by atomic mass is 32.2. The highest BCUT2D eigenvalue weighted by molar-refractivity contribution is 7.92. The molecule has 3 rings (SSSR count). The van der Waals surface area contributed by atoms with Gasteiger partial charge in [0.15, 0.2) is 0 Å². The molecule has 3 heterocycles. The Morgan fingerprint density at radius 1 is 1.34 bits per heavy atom. The maximum atomic E-state index is 15.0. The van der Waals surface area contributed by atoms with Gasteiger partial charge in [-0.25, -0.2) is 22.0 Å². The van der Waals surface area contributed by atoms with E-state index in [9.17, 15) is 30.8 Å². The Labute approximate surface area is 181 Å². The smallest absolute Gasteiger partial charge is 0.353 e. The molecule has 1 aliphatic rings. The van der Waals surface area contributed by atoms with E-state index in [0.717, 1.165) is 11.7 Å². The van der Waals surface area contributed by atoms with Crippen LogP contribution < -0.4 is 5.32 Å². The standard InChI is InChI=1S/C18H21F4N5O4S/c1-26-9-14(15(25-26)16(19)20)32(30,31)18(21,22)11-3-6-27(7-4-11)17(29)24-12-2-5-23-13(8-12)10-28/h2,5,8-9,11,16,28H,3-4,6-7,10H2,1H3,(H,23,24,29). The van der Waals surface area contributed by atoms with Crippen molar-refractivity contribution in [2.24, 2.45) is 13.0 Å². The number of likely N-dealkylation sites (tertiary alicyclic amines) is 1. The molecule has 1 fully saturated rings. The van der Waals surface area contributed by atoms with E-state index in [2.05, 4.69) is 15.4 Å². The van der Waals surface area contributed by atoms with Crippen LogP contribution in [-0.4, -0.2) is 57.6 Å². The first-order valence-electron chi connectivity index (χ1n) is 9.53.